The highest BCUT2D eigenvalue weighted by molar-refractivity contribution is 9.10. The number of ether oxygens (including phenoxy) is 1. The van der Waals surface area contributed by atoms with Gasteiger partial charge in [0, 0.05) is 11.0 Å². The first-order valence-corrected chi connectivity index (χ1v) is 7.75. The summed E-state index contributed by atoms with van der Waals surface area (Å²) in [5.74, 6) is -0.210. The Labute approximate surface area is 130 Å². The van der Waals surface area contributed by atoms with Gasteiger partial charge >= 0.3 is 6.36 Å². The van der Waals surface area contributed by atoms with Gasteiger partial charge in [-0.3, -0.25) is 0 Å². The van der Waals surface area contributed by atoms with Gasteiger partial charge in [-0.25, -0.2) is 0 Å². The average molecular weight is 367 g/mol. The second kappa shape index (κ2) is 7.35. The zero-order valence-electron chi connectivity index (χ0n) is 11.5. The van der Waals surface area contributed by atoms with Gasteiger partial charge in [-0.15, -0.1) is 13.2 Å². The van der Waals surface area contributed by atoms with Crippen LogP contribution in [0.2, 0.25) is 0 Å². The van der Waals surface area contributed by atoms with Gasteiger partial charge in [-0.1, -0.05) is 15.9 Å². The predicted molar refractivity (Wildman–Crippen MR) is 79.6 cm³/mol. The Morgan fingerprint density at radius 1 is 1.24 bits per heavy atom. The summed E-state index contributed by atoms with van der Waals surface area (Å²) in [6.07, 6.45) is -1.32. The van der Waals surface area contributed by atoms with Crippen LogP contribution in [0.5, 0.6) is 5.75 Å². The molecule has 0 radical (unpaired) electrons. The van der Waals surface area contributed by atoms with E-state index in [0.29, 0.717) is 16.7 Å². The SMILES string of the molecule is FC(F)(F)Oc1cc(Br)ccc1NCCCN1CCCC1. The van der Waals surface area contributed by atoms with Crippen molar-refractivity contribution in [2.45, 2.75) is 25.6 Å². The first-order valence-electron chi connectivity index (χ1n) is 6.95. The highest BCUT2D eigenvalue weighted by atomic mass is 79.9. The number of nitrogens with one attached hydrogen (secondary N) is 1. The lowest BCUT2D eigenvalue weighted by Gasteiger charge is -2.17. The van der Waals surface area contributed by atoms with Crippen molar-refractivity contribution in [3.8, 4) is 5.75 Å². The van der Waals surface area contributed by atoms with E-state index >= 15 is 0 Å². The second-order valence-electron chi connectivity index (χ2n) is 5.02. The first-order chi connectivity index (χ1) is 9.94. The number of hydrogen-bond acceptors (Lipinski definition) is 3. The molecule has 7 heteroatoms. The van der Waals surface area contributed by atoms with E-state index < -0.39 is 6.36 Å². The van der Waals surface area contributed by atoms with E-state index in [1.807, 2.05) is 0 Å². The summed E-state index contributed by atoms with van der Waals surface area (Å²) in [6.45, 7) is 3.84. The third-order valence-electron chi connectivity index (χ3n) is 3.33. The number of halogens is 4. The molecular weight excluding hydrogens is 349 g/mol. The summed E-state index contributed by atoms with van der Waals surface area (Å²) in [4.78, 5) is 2.37. The van der Waals surface area contributed by atoms with E-state index in [1.165, 1.54) is 18.9 Å². The van der Waals surface area contributed by atoms with E-state index in [9.17, 15) is 13.2 Å². The molecule has 0 atom stereocenters. The lowest BCUT2D eigenvalue weighted by atomic mass is 10.3. The summed E-state index contributed by atoms with van der Waals surface area (Å²) in [5.41, 5.74) is 0.358. The standard InChI is InChI=1S/C14H18BrF3N2O/c15-11-4-5-12(13(10-11)21-14(16,17)18)19-6-3-9-20-7-1-2-8-20/h4-5,10,19H,1-3,6-9H2. The molecule has 1 aliphatic rings. The minimum atomic E-state index is -4.69. The molecule has 1 saturated heterocycles. The molecule has 1 N–H and O–H groups in total. The summed E-state index contributed by atoms with van der Waals surface area (Å²) < 4.78 is 41.7. The van der Waals surface area contributed by atoms with Crippen molar-refractivity contribution in [1.29, 1.82) is 0 Å². The number of nitrogens with zero attached hydrogens (tertiary/aromatic N) is 1. The molecule has 1 aromatic carbocycles. The van der Waals surface area contributed by atoms with Crippen LogP contribution in [0.25, 0.3) is 0 Å². The minimum absolute atomic E-state index is 0.210. The number of likely N-dealkylation sites (tertiary alicyclic amines) is 1. The summed E-state index contributed by atoms with van der Waals surface area (Å²) in [5, 5.41) is 3.01. The highest BCUT2D eigenvalue weighted by Gasteiger charge is 2.32. The van der Waals surface area contributed by atoms with Crippen LogP contribution < -0.4 is 10.1 Å². The van der Waals surface area contributed by atoms with Crippen LogP contribution in [0.15, 0.2) is 22.7 Å². The van der Waals surface area contributed by atoms with Crippen LogP contribution in [-0.4, -0.2) is 37.4 Å². The number of anilines is 1. The summed E-state index contributed by atoms with van der Waals surface area (Å²) in [6, 6.07) is 4.59. The molecule has 0 spiro atoms. The smallest absolute Gasteiger partial charge is 0.404 e. The van der Waals surface area contributed by atoms with Crippen LogP contribution in [0.1, 0.15) is 19.3 Å². The van der Waals surface area contributed by atoms with Crippen LogP contribution in [-0.2, 0) is 0 Å². The Bertz CT molecular complexity index is 462. The molecule has 1 heterocycles. The first kappa shape index (κ1) is 16.4. The molecule has 0 aliphatic carbocycles. The summed E-state index contributed by atoms with van der Waals surface area (Å²) >= 11 is 3.15. The topological polar surface area (TPSA) is 24.5 Å². The van der Waals surface area contributed by atoms with Gasteiger partial charge in [0.1, 0.15) is 0 Å². The zero-order valence-corrected chi connectivity index (χ0v) is 13.1. The predicted octanol–water partition coefficient (Wildman–Crippen LogP) is 4.25. The molecule has 0 aromatic heterocycles. The largest absolute Gasteiger partial charge is 0.573 e. The van der Waals surface area contributed by atoms with Gasteiger partial charge in [0.25, 0.3) is 0 Å². The maximum absolute atomic E-state index is 12.4. The fraction of sp³-hybridized carbons (Fsp3) is 0.571. The van der Waals surface area contributed by atoms with Crippen molar-refractivity contribution in [3.05, 3.63) is 22.7 Å². The van der Waals surface area contributed by atoms with Crippen molar-refractivity contribution in [2.75, 3.05) is 31.5 Å². The van der Waals surface area contributed by atoms with Crippen molar-refractivity contribution in [3.63, 3.8) is 0 Å². The molecular formula is C14H18BrF3N2O. The van der Waals surface area contributed by atoms with Gasteiger partial charge in [-0.05, 0) is 57.1 Å². The Morgan fingerprint density at radius 2 is 1.95 bits per heavy atom. The van der Waals surface area contributed by atoms with Gasteiger partial charge in [-0.2, -0.15) is 0 Å². The average Bonchev–Trinajstić information content (AvgIpc) is 2.88. The maximum Gasteiger partial charge on any atom is 0.573 e. The molecule has 0 saturated carbocycles. The van der Waals surface area contributed by atoms with Crippen molar-refractivity contribution in [1.82, 2.24) is 4.90 Å². The van der Waals surface area contributed by atoms with Gasteiger partial charge in [0.15, 0.2) is 5.75 Å². The lowest BCUT2D eigenvalue weighted by molar-refractivity contribution is -0.274. The number of hydrogen-bond donors (Lipinski definition) is 1. The highest BCUT2D eigenvalue weighted by Crippen LogP contribution is 2.32. The molecule has 0 bridgehead atoms. The third-order valence-corrected chi connectivity index (χ3v) is 3.83. The monoisotopic (exact) mass is 366 g/mol. The summed E-state index contributed by atoms with van der Waals surface area (Å²) in [7, 11) is 0. The van der Waals surface area contributed by atoms with Gasteiger partial charge < -0.3 is 15.0 Å². The Balaban J connectivity index is 1.86. The number of benzene rings is 1. The normalized spacial score (nSPS) is 16.2. The van der Waals surface area contributed by atoms with Crippen molar-refractivity contribution < 1.29 is 17.9 Å². The molecule has 1 aromatic rings. The van der Waals surface area contributed by atoms with Gasteiger partial charge in [0.05, 0.1) is 5.69 Å². The molecule has 3 nitrogen and oxygen atoms in total. The fourth-order valence-electron chi connectivity index (χ4n) is 2.38. The van der Waals surface area contributed by atoms with Crippen molar-refractivity contribution in [2.24, 2.45) is 0 Å². The lowest BCUT2D eigenvalue weighted by Crippen LogP contribution is -2.22. The maximum atomic E-state index is 12.4. The number of alkyl halides is 3. The van der Waals surface area contributed by atoms with E-state index in [-0.39, 0.29) is 5.75 Å². The molecule has 118 valence electrons. The zero-order chi connectivity index (χ0) is 15.3. The van der Waals surface area contributed by atoms with E-state index in [0.717, 1.165) is 26.1 Å². The van der Waals surface area contributed by atoms with E-state index in [2.05, 4.69) is 30.9 Å². The Kier molecular flexibility index (Phi) is 5.75. The third kappa shape index (κ3) is 5.74. The minimum Gasteiger partial charge on any atom is -0.404 e. The molecule has 21 heavy (non-hydrogen) atoms. The van der Waals surface area contributed by atoms with Crippen LogP contribution in [0.4, 0.5) is 18.9 Å². The Hall–Kier alpha value is -0.950. The Morgan fingerprint density at radius 3 is 2.62 bits per heavy atom. The molecule has 0 amide bonds. The molecule has 0 unspecified atom stereocenters. The van der Waals surface area contributed by atoms with Crippen LogP contribution in [0.3, 0.4) is 0 Å². The number of rotatable bonds is 6. The second-order valence-corrected chi connectivity index (χ2v) is 5.93. The fourth-order valence-corrected chi connectivity index (χ4v) is 2.72. The molecule has 1 aliphatic heterocycles. The van der Waals surface area contributed by atoms with Crippen LogP contribution >= 0.6 is 15.9 Å². The van der Waals surface area contributed by atoms with E-state index in [1.54, 1.807) is 12.1 Å². The van der Waals surface area contributed by atoms with E-state index in [4.69, 9.17) is 0 Å². The van der Waals surface area contributed by atoms with Crippen LogP contribution in [0, 0.1) is 0 Å². The quantitative estimate of drug-likeness (QED) is 0.761. The van der Waals surface area contributed by atoms with Gasteiger partial charge in [0.2, 0.25) is 0 Å². The molecule has 2 rings (SSSR count). The molecule has 1 fully saturated rings. The van der Waals surface area contributed by atoms with Crippen molar-refractivity contribution >= 4 is 21.6 Å².